The van der Waals surface area contributed by atoms with E-state index in [1.807, 2.05) is 0 Å². The Morgan fingerprint density at radius 3 is 2.57 bits per heavy atom. The van der Waals surface area contributed by atoms with Gasteiger partial charge in [0.25, 0.3) is 0 Å². The lowest BCUT2D eigenvalue weighted by Crippen LogP contribution is -2.26. The molecule has 1 N–H and O–H groups in total. The van der Waals surface area contributed by atoms with Gasteiger partial charge in [-0.15, -0.1) is 0 Å². The molecular weight excluding hydrogens is 202 g/mol. The molecule has 0 amide bonds. The molecule has 0 aromatic carbocycles. The minimum Gasteiger partial charge on any atom is -0.302 e. The molecule has 0 unspecified atom stereocenters. The number of nitrogens with one attached hydrogen (secondary N) is 1. The number of carbonyl (C=O) groups is 1. The Morgan fingerprint density at radius 2 is 2.14 bits per heavy atom. The van der Waals surface area contributed by atoms with Gasteiger partial charge < -0.3 is 4.79 Å². The van der Waals surface area contributed by atoms with Crippen molar-refractivity contribution in [3.8, 4) is 0 Å². The molecule has 0 aliphatic rings. The van der Waals surface area contributed by atoms with E-state index in [0.717, 1.165) is 0 Å². The molecule has 0 spiro atoms. The number of hydrogen-bond donors (Lipinski definition) is 1. The summed E-state index contributed by atoms with van der Waals surface area (Å²) in [6.07, 6.45) is 6.37. The van der Waals surface area contributed by atoms with Crippen molar-refractivity contribution in [1.82, 2.24) is 4.72 Å². The van der Waals surface area contributed by atoms with Crippen LogP contribution in [0.3, 0.4) is 0 Å². The first-order valence-corrected chi connectivity index (χ1v) is 5.45. The first kappa shape index (κ1) is 12.8. The van der Waals surface area contributed by atoms with Gasteiger partial charge >= 0.3 is 0 Å². The Hall–Kier alpha value is -1.20. The van der Waals surface area contributed by atoms with E-state index in [1.165, 1.54) is 12.2 Å². The maximum absolute atomic E-state index is 11.4. The van der Waals surface area contributed by atoms with Crippen LogP contribution >= 0.6 is 0 Å². The van der Waals surface area contributed by atoms with Crippen molar-refractivity contribution < 1.29 is 13.2 Å². The SMILES string of the molecule is C=C/C(=C\C=C/C)S(=O)(=O)NCC=O. The number of hydrogen-bond acceptors (Lipinski definition) is 3. The Kier molecular flexibility index (Phi) is 5.74. The lowest BCUT2D eigenvalue weighted by atomic mass is 10.4. The molecule has 0 aromatic rings. The summed E-state index contributed by atoms with van der Waals surface area (Å²) in [6.45, 7) is 4.91. The van der Waals surface area contributed by atoms with Gasteiger partial charge in [-0.25, -0.2) is 13.1 Å². The van der Waals surface area contributed by atoms with E-state index in [0.29, 0.717) is 6.29 Å². The van der Waals surface area contributed by atoms with Crippen LogP contribution in [0, 0.1) is 0 Å². The predicted octanol–water partition coefficient (Wildman–Crippen LogP) is 0.751. The van der Waals surface area contributed by atoms with E-state index in [4.69, 9.17) is 0 Å². The average Bonchev–Trinajstić information content (AvgIpc) is 2.16. The second-order valence-electron chi connectivity index (χ2n) is 2.32. The van der Waals surface area contributed by atoms with E-state index in [1.54, 1.807) is 19.1 Å². The highest BCUT2D eigenvalue weighted by atomic mass is 32.2. The molecule has 0 fully saturated rings. The van der Waals surface area contributed by atoms with Crippen LogP contribution in [0.1, 0.15) is 6.92 Å². The molecule has 4 nitrogen and oxygen atoms in total. The van der Waals surface area contributed by atoms with Crippen molar-refractivity contribution in [3.05, 3.63) is 35.8 Å². The second-order valence-corrected chi connectivity index (χ2v) is 4.08. The summed E-state index contributed by atoms with van der Waals surface area (Å²) in [5.74, 6) is 0. The van der Waals surface area contributed by atoms with Crippen LogP contribution in [0.25, 0.3) is 0 Å². The zero-order valence-corrected chi connectivity index (χ0v) is 8.75. The highest BCUT2D eigenvalue weighted by molar-refractivity contribution is 7.93. The first-order valence-electron chi connectivity index (χ1n) is 3.97. The van der Waals surface area contributed by atoms with Crippen molar-refractivity contribution in [2.45, 2.75) is 6.92 Å². The number of allylic oxidation sites excluding steroid dienone is 4. The molecule has 0 rings (SSSR count). The largest absolute Gasteiger partial charge is 0.302 e. The fourth-order valence-electron chi connectivity index (χ4n) is 0.685. The number of aldehydes is 1. The van der Waals surface area contributed by atoms with Gasteiger partial charge in [-0.2, -0.15) is 0 Å². The fraction of sp³-hybridized carbons (Fsp3) is 0.222. The smallest absolute Gasteiger partial charge is 0.240 e. The van der Waals surface area contributed by atoms with Gasteiger partial charge in [-0.3, -0.25) is 0 Å². The van der Waals surface area contributed by atoms with Crippen molar-refractivity contribution in [2.75, 3.05) is 6.54 Å². The molecular formula is C9H13NO3S. The van der Waals surface area contributed by atoms with Crippen LogP contribution in [0.15, 0.2) is 35.8 Å². The topological polar surface area (TPSA) is 63.2 Å². The lowest BCUT2D eigenvalue weighted by molar-refractivity contribution is -0.106. The van der Waals surface area contributed by atoms with Crippen molar-refractivity contribution >= 4 is 16.3 Å². The third-order valence-corrected chi connectivity index (χ3v) is 2.79. The number of rotatable bonds is 6. The van der Waals surface area contributed by atoms with Crippen LogP contribution in [0.4, 0.5) is 0 Å². The van der Waals surface area contributed by atoms with Crippen LogP contribution in [-0.4, -0.2) is 21.2 Å². The van der Waals surface area contributed by atoms with Gasteiger partial charge in [0.1, 0.15) is 6.29 Å². The minimum atomic E-state index is -3.60. The first-order chi connectivity index (χ1) is 6.58. The molecule has 0 saturated heterocycles. The van der Waals surface area contributed by atoms with E-state index in [2.05, 4.69) is 11.3 Å². The van der Waals surface area contributed by atoms with Gasteiger partial charge in [0.15, 0.2) is 0 Å². The van der Waals surface area contributed by atoms with E-state index >= 15 is 0 Å². The van der Waals surface area contributed by atoms with E-state index in [9.17, 15) is 13.2 Å². The summed E-state index contributed by atoms with van der Waals surface area (Å²) >= 11 is 0. The molecule has 14 heavy (non-hydrogen) atoms. The summed E-state index contributed by atoms with van der Waals surface area (Å²) in [5.41, 5.74) is 0. The molecule has 0 aliphatic heterocycles. The summed E-state index contributed by atoms with van der Waals surface area (Å²) < 4.78 is 24.9. The zero-order valence-electron chi connectivity index (χ0n) is 7.93. The minimum absolute atomic E-state index is 0.0393. The Labute approximate surface area is 84.1 Å². The molecule has 0 saturated carbocycles. The molecule has 0 radical (unpaired) electrons. The van der Waals surface area contributed by atoms with Gasteiger partial charge in [-0.1, -0.05) is 18.7 Å². The quantitative estimate of drug-likeness (QED) is 0.525. The molecule has 0 atom stereocenters. The maximum atomic E-state index is 11.4. The lowest BCUT2D eigenvalue weighted by Gasteiger charge is -2.02. The molecule has 5 heteroatoms. The number of carbonyl (C=O) groups excluding carboxylic acids is 1. The number of sulfonamides is 1. The fourth-order valence-corrected chi connectivity index (χ4v) is 1.62. The van der Waals surface area contributed by atoms with Crippen LogP contribution in [0.2, 0.25) is 0 Å². The summed E-state index contributed by atoms with van der Waals surface area (Å²) in [6, 6.07) is 0. The maximum Gasteiger partial charge on any atom is 0.240 e. The standard InChI is InChI=1S/C9H13NO3S/c1-3-5-6-9(4-2)14(12,13)10-7-8-11/h3-6,8,10H,2,7H2,1H3/b5-3-,9-6+. The van der Waals surface area contributed by atoms with Gasteiger partial charge in [0.2, 0.25) is 10.0 Å². The molecule has 0 heterocycles. The monoisotopic (exact) mass is 215 g/mol. The van der Waals surface area contributed by atoms with E-state index in [-0.39, 0.29) is 11.4 Å². The Morgan fingerprint density at radius 1 is 1.50 bits per heavy atom. The van der Waals surface area contributed by atoms with Crippen LogP contribution in [0.5, 0.6) is 0 Å². The van der Waals surface area contributed by atoms with Gasteiger partial charge in [-0.05, 0) is 19.1 Å². The molecule has 0 aromatic heterocycles. The highest BCUT2D eigenvalue weighted by Gasteiger charge is 2.12. The third-order valence-electron chi connectivity index (χ3n) is 1.32. The van der Waals surface area contributed by atoms with Gasteiger partial charge in [0, 0.05) is 0 Å². The summed E-state index contributed by atoms with van der Waals surface area (Å²) in [4.78, 5) is 10.0. The predicted molar refractivity (Wildman–Crippen MR) is 56.1 cm³/mol. The molecule has 0 aliphatic carbocycles. The van der Waals surface area contributed by atoms with Crippen molar-refractivity contribution in [1.29, 1.82) is 0 Å². The van der Waals surface area contributed by atoms with Gasteiger partial charge in [0.05, 0.1) is 11.4 Å². The summed E-state index contributed by atoms with van der Waals surface area (Å²) in [7, 11) is -3.60. The van der Waals surface area contributed by atoms with E-state index < -0.39 is 10.0 Å². The second kappa shape index (κ2) is 6.28. The zero-order chi connectivity index (χ0) is 11.0. The third kappa shape index (κ3) is 4.15. The molecule has 0 bridgehead atoms. The van der Waals surface area contributed by atoms with Crippen LogP contribution < -0.4 is 4.72 Å². The van der Waals surface area contributed by atoms with Crippen LogP contribution in [-0.2, 0) is 14.8 Å². The normalized spacial score (nSPS) is 13.1. The average molecular weight is 215 g/mol. The molecule has 78 valence electrons. The Bertz CT molecular complexity index is 352. The van der Waals surface area contributed by atoms with Crippen molar-refractivity contribution in [2.24, 2.45) is 0 Å². The highest BCUT2D eigenvalue weighted by Crippen LogP contribution is 2.05. The Balaban J connectivity index is 4.83. The summed E-state index contributed by atoms with van der Waals surface area (Å²) in [5, 5.41) is 0. The van der Waals surface area contributed by atoms with Crippen molar-refractivity contribution in [3.63, 3.8) is 0 Å².